The molecule has 1 saturated heterocycles. The lowest BCUT2D eigenvalue weighted by Gasteiger charge is -2.17. The molecule has 1 heterocycles. The topological polar surface area (TPSA) is 67.2 Å². The van der Waals surface area contributed by atoms with Crippen molar-refractivity contribution in [1.29, 1.82) is 0 Å². The summed E-state index contributed by atoms with van der Waals surface area (Å²) < 4.78 is 0. The Morgan fingerprint density at radius 1 is 1.38 bits per heavy atom. The number of benzene rings is 1. The van der Waals surface area contributed by atoms with Crippen molar-refractivity contribution in [3.63, 3.8) is 0 Å². The molecule has 1 amide bonds. The SMILES string of the molecule is CC1CNCC1Nc1ccc(C(N)=O)cc1. The van der Waals surface area contributed by atoms with Crippen LogP contribution < -0.4 is 16.4 Å². The molecule has 1 fully saturated rings. The molecule has 0 saturated carbocycles. The van der Waals surface area contributed by atoms with Gasteiger partial charge in [-0.1, -0.05) is 6.92 Å². The van der Waals surface area contributed by atoms with Gasteiger partial charge in [-0.3, -0.25) is 4.79 Å². The Balaban J connectivity index is 2.02. The summed E-state index contributed by atoms with van der Waals surface area (Å²) in [5.41, 5.74) is 6.76. The van der Waals surface area contributed by atoms with Crippen LogP contribution >= 0.6 is 0 Å². The Kier molecular flexibility index (Phi) is 3.10. The van der Waals surface area contributed by atoms with Gasteiger partial charge in [0.2, 0.25) is 5.91 Å². The maximum absolute atomic E-state index is 10.9. The van der Waals surface area contributed by atoms with Crippen molar-refractivity contribution in [2.45, 2.75) is 13.0 Å². The van der Waals surface area contributed by atoms with Crippen molar-refractivity contribution in [3.05, 3.63) is 29.8 Å². The van der Waals surface area contributed by atoms with Crippen LogP contribution in [0.3, 0.4) is 0 Å². The van der Waals surface area contributed by atoms with Gasteiger partial charge in [0.1, 0.15) is 0 Å². The molecular weight excluding hydrogens is 202 g/mol. The first-order valence-corrected chi connectivity index (χ1v) is 5.54. The average Bonchev–Trinajstić information content (AvgIpc) is 2.65. The van der Waals surface area contributed by atoms with E-state index in [1.165, 1.54) is 0 Å². The van der Waals surface area contributed by atoms with Gasteiger partial charge in [-0.2, -0.15) is 0 Å². The van der Waals surface area contributed by atoms with E-state index in [0.717, 1.165) is 18.8 Å². The third kappa shape index (κ3) is 2.33. The fourth-order valence-corrected chi connectivity index (χ4v) is 1.95. The molecule has 0 spiro atoms. The molecular formula is C12H17N3O. The first-order chi connectivity index (χ1) is 7.66. The number of anilines is 1. The molecule has 4 heteroatoms. The predicted octanol–water partition coefficient (Wildman–Crippen LogP) is 0.805. The van der Waals surface area contributed by atoms with E-state index in [1.54, 1.807) is 12.1 Å². The van der Waals surface area contributed by atoms with Gasteiger partial charge in [0.25, 0.3) is 0 Å². The Morgan fingerprint density at radius 2 is 2.06 bits per heavy atom. The van der Waals surface area contributed by atoms with Crippen molar-refractivity contribution in [1.82, 2.24) is 5.32 Å². The Labute approximate surface area is 95.2 Å². The van der Waals surface area contributed by atoms with Crippen LogP contribution in [0.15, 0.2) is 24.3 Å². The first-order valence-electron chi connectivity index (χ1n) is 5.54. The molecule has 2 rings (SSSR count). The number of amides is 1. The first kappa shape index (κ1) is 11.0. The van der Waals surface area contributed by atoms with Crippen molar-refractivity contribution >= 4 is 11.6 Å². The van der Waals surface area contributed by atoms with Crippen LogP contribution in [0, 0.1) is 5.92 Å². The zero-order chi connectivity index (χ0) is 11.5. The largest absolute Gasteiger partial charge is 0.381 e. The highest BCUT2D eigenvalue weighted by molar-refractivity contribution is 5.93. The Morgan fingerprint density at radius 3 is 2.56 bits per heavy atom. The lowest BCUT2D eigenvalue weighted by molar-refractivity contribution is 0.100. The number of rotatable bonds is 3. The van der Waals surface area contributed by atoms with Gasteiger partial charge in [0, 0.05) is 23.8 Å². The van der Waals surface area contributed by atoms with Crippen LogP contribution in [0.25, 0.3) is 0 Å². The van der Waals surface area contributed by atoms with Crippen LogP contribution in [0.4, 0.5) is 5.69 Å². The molecule has 1 aliphatic rings. The predicted molar refractivity (Wildman–Crippen MR) is 64.4 cm³/mol. The highest BCUT2D eigenvalue weighted by atomic mass is 16.1. The van der Waals surface area contributed by atoms with Gasteiger partial charge in [0.15, 0.2) is 0 Å². The quantitative estimate of drug-likeness (QED) is 0.704. The van der Waals surface area contributed by atoms with E-state index in [-0.39, 0.29) is 5.91 Å². The molecule has 4 N–H and O–H groups in total. The maximum Gasteiger partial charge on any atom is 0.248 e. The van der Waals surface area contributed by atoms with E-state index < -0.39 is 0 Å². The van der Waals surface area contributed by atoms with E-state index in [9.17, 15) is 4.79 Å². The third-order valence-electron chi connectivity index (χ3n) is 3.04. The minimum absolute atomic E-state index is 0.387. The second-order valence-corrected chi connectivity index (χ2v) is 4.33. The highest BCUT2D eigenvalue weighted by Crippen LogP contribution is 2.16. The van der Waals surface area contributed by atoms with Gasteiger partial charge in [-0.05, 0) is 36.7 Å². The number of hydrogen-bond acceptors (Lipinski definition) is 3. The minimum atomic E-state index is -0.387. The summed E-state index contributed by atoms with van der Waals surface area (Å²) in [6, 6.07) is 7.74. The molecule has 4 nitrogen and oxygen atoms in total. The summed E-state index contributed by atoms with van der Waals surface area (Å²) in [5, 5.41) is 6.78. The second kappa shape index (κ2) is 4.53. The zero-order valence-electron chi connectivity index (χ0n) is 9.36. The standard InChI is InChI=1S/C12H17N3O/c1-8-6-14-7-11(8)15-10-4-2-9(3-5-10)12(13)16/h2-5,8,11,14-15H,6-7H2,1H3,(H2,13,16). The number of carbonyl (C=O) groups excluding carboxylic acids is 1. The van der Waals surface area contributed by atoms with Crippen LogP contribution in [0.2, 0.25) is 0 Å². The lowest BCUT2D eigenvalue weighted by Crippen LogP contribution is -2.26. The second-order valence-electron chi connectivity index (χ2n) is 4.33. The van der Waals surface area contributed by atoms with Crippen LogP contribution in [-0.4, -0.2) is 25.0 Å². The minimum Gasteiger partial charge on any atom is -0.381 e. The average molecular weight is 219 g/mol. The molecule has 0 aromatic heterocycles. The summed E-state index contributed by atoms with van der Waals surface area (Å²) in [4.78, 5) is 10.9. The normalized spacial score (nSPS) is 24.3. The van der Waals surface area contributed by atoms with E-state index in [2.05, 4.69) is 17.6 Å². The number of nitrogens with one attached hydrogen (secondary N) is 2. The molecule has 16 heavy (non-hydrogen) atoms. The molecule has 2 unspecified atom stereocenters. The molecule has 1 aliphatic heterocycles. The Hall–Kier alpha value is -1.55. The van der Waals surface area contributed by atoms with E-state index in [0.29, 0.717) is 17.5 Å². The zero-order valence-corrected chi connectivity index (χ0v) is 9.36. The number of hydrogen-bond donors (Lipinski definition) is 3. The van der Waals surface area contributed by atoms with Gasteiger partial charge in [-0.25, -0.2) is 0 Å². The summed E-state index contributed by atoms with van der Waals surface area (Å²) in [6.45, 7) is 4.26. The van der Waals surface area contributed by atoms with Crippen molar-refractivity contribution in [2.24, 2.45) is 11.7 Å². The fourth-order valence-electron chi connectivity index (χ4n) is 1.95. The van der Waals surface area contributed by atoms with Gasteiger partial charge < -0.3 is 16.4 Å². The molecule has 0 aliphatic carbocycles. The molecule has 0 radical (unpaired) electrons. The van der Waals surface area contributed by atoms with Gasteiger partial charge in [0.05, 0.1) is 0 Å². The van der Waals surface area contributed by atoms with Crippen LogP contribution in [-0.2, 0) is 0 Å². The summed E-state index contributed by atoms with van der Waals surface area (Å²) in [7, 11) is 0. The summed E-state index contributed by atoms with van der Waals surface area (Å²) in [6.07, 6.45) is 0. The monoisotopic (exact) mass is 219 g/mol. The van der Waals surface area contributed by atoms with E-state index >= 15 is 0 Å². The van der Waals surface area contributed by atoms with Crippen molar-refractivity contribution in [3.8, 4) is 0 Å². The fraction of sp³-hybridized carbons (Fsp3) is 0.417. The highest BCUT2D eigenvalue weighted by Gasteiger charge is 2.22. The smallest absolute Gasteiger partial charge is 0.248 e. The molecule has 1 aromatic carbocycles. The lowest BCUT2D eigenvalue weighted by atomic mass is 10.1. The number of carbonyl (C=O) groups is 1. The van der Waals surface area contributed by atoms with Gasteiger partial charge in [-0.15, -0.1) is 0 Å². The van der Waals surface area contributed by atoms with Crippen LogP contribution in [0.1, 0.15) is 17.3 Å². The molecule has 1 aromatic rings. The molecule has 0 bridgehead atoms. The number of nitrogens with two attached hydrogens (primary N) is 1. The third-order valence-corrected chi connectivity index (χ3v) is 3.04. The molecule has 86 valence electrons. The van der Waals surface area contributed by atoms with Crippen molar-refractivity contribution in [2.75, 3.05) is 18.4 Å². The molecule has 2 atom stereocenters. The Bertz CT molecular complexity index is 374. The summed E-state index contributed by atoms with van der Waals surface area (Å²) >= 11 is 0. The van der Waals surface area contributed by atoms with Crippen molar-refractivity contribution < 1.29 is 4.79 Å². The van der Waals surface area contributed by atoms with E-state index in [4.69, 9.17) is 5.73 Å². The van der Waals surface area contributed by atoms with E-state index in [1.807, 2.05) is 12.1 Å². The maximum atomic E-state index is 10.9. The number of primary amides is 1. The van der Waals surface area contributed by atoms with Crippen LogP contribution in [0.5, 0.6) is 0 Å². The summed E-state index contributed by atoms with van der Waals surface area (Å²) in [5.74, 6) is 0.235. The van der Waals surface area contributed by atoms with Gasteiger partial charge >= 0.3 is 0 Å².